The van der Waals surface area contributed by atoms with Crippen molar-refractivity contribution in [3.8, 4) is 0 Å². The van der Waals surface area contributed by atoms with Gasteiger partial charge in [-0.3, -0.25) is 19.7 Å². The molecule has 2 aromatic carbocycles. The fourth-order valence-electron chi connectivity index (χ4n) is 2.07. The second-order valence-electron chi connectivity index (χ2n) is 5.20. The molecule has 0 unspecified atom stereocenters. The largest absolute Gasteiger partial charge is 0.350 e. The van der Waals surface area contributed by atoms with Gasteiger partial charge in [-0.2, -0.15) is 0 Å². The minimum atomic E-state index is -0.543. The summed E-state index contributed by atoms with van der Waals surface area (Å²) in [6.45, 7) is 1.76. The van der Waals surface area contributed by atoms with Crippen LogP contribution in [0.1, 0.15) is 21.5 Å². The molecule has 7 heteroatoms. The second kappa shape index (κ2) is 7.87. The second-order valence-corrected chi connectivity index (χ2v) is 5.20. The monoisotopic (exact) mass is 327 g/mol. The molecule has 2 rings (SSSR count). The van der Waals surface area contributed by atoms with Gasteiger partial charge in [0.1, 0.15) is 0 Å². The molecule has 0 saturated carbocycles. The van der Waals surface area contributed by atoms with Gasteiger partial charge in [-0.15, -0.1) is 0 Å². The highest BCUT2D eigenvalue weighted by molar-refractivity contribution is 5.97. The quantitative estimate of drug-likeness (QED) is 0.625. The van der Waals surface area contributed by atoms with Crippen molar-refractivity contribution in [2.45, 2.75) is 13.5 Å². The number of amides is 2. The maximum Gasteiger partial charge on any atom is 0.273 e. The molecular formula is C17H17N3O4. The summed E-state index contributed by atoms with van der Waals surface area (Å²) in [5.41, 5.74) is 1.43. The van der Waals surface area contributed by atoms with Crippen molar-refractivity contribution < 1.29 is 14.5 Å². The summed E-state index contributed by atoms with van der Waals surface area (Å²) in [7, 11) is 0. The van der Waals surface area contributed by atoms with Crippen molar-refractivity contribution in [3.05, 3.63) is 75.3 Å². The van der Waals surface area contributed by atoms with Crippen LogP contribution < -0.4 is 10.6 Å². The van der Waals surface area contributed by atoms with Crippen LogP contribution in [0, 0.1) is 17.0 Å². The Morgan fingerprint density at radius 2 is 1.79 bits per heavy atom. The van der Waals surface area contributed by atoms with Crippen LogP contribution in [0.3, 0.4) is 0 Å². The summed E-state index contributed by atoms with van der Waals surface area (Å²) in [6, 6.07) is 13.6. The molecule has 0 aromatic heterocycles. The summed E-state index contributed by atoms with van der Waals surface area (Å²) >= 11 is 0. The van der Waals surface area contributed by atoms with Gasteiger partial charge in [0, 0.05) is 23.7 Å². The summed E-state index contributed by atoms with van der Waals surface area (Å²) in [5, 5.41) is 16.0. The average molecular weight is 327 g/mol. The third-order valence-corrected chi connectivity index (χ3v) is 3.41. The lowest BCUT2D eigenvalue weighted by molar-refractivity contribution is -0.385. The molecule has 2 aromatic rings. The first-order valence-corrected chi connectivity index (χ1v) is 7.31. The molecule has 0 saturated heterocycles. The molecule has 0 aliphatic carbocycles. The maximum atomic E-state index is 12.0. The number of carbonyl (C=O) groups excluding carboxylic acids is 2. The zero-order chi connectivity index (χ0) is 17.5. The molecular weight excluding hydrogens is 310 g/mol. The summed E-state index contributed by atoms with van der Waals surface area (Å²) in [5.74, 6) is -0.873. The standard InChI is InChI=1S/C17H17N3O4/c1-12-7-8-14(9-15(12)20(23)24)17(22)19-11-16(21)18-10-13-5-3-2-4-6-13/h2-9H,10-11H2,1H3,(H,18,21)(H,19,22). The van der Waals surface area contributed by atoms with Gasteiger partial charge < -0.3 is 10.6 Å². The van der Waals surface area contributed by atoms with Gasteiger partial charge in [-0.25, -0.2) is 0 Å². The molecule has 24 heavy (non-hydrogen) atoms. The molecule has 124 valence electrons. The number of rotatable bonds is 6. The van der Waals surface area contributed by atoms with Crippen LogP contribution in [-0.2, 0) is 11.3 Å². The maximum absolute atomic E-state index is 12.0. The molecule has 0 bridgehead atoms. The van der Waals surface area contributed by atoms with E-state index in [4.69, 9.17) is 0 Å². The van der Waals surface area contributed by atoms with Crippen molar-refractivity contribution in [2.75, 3.05) is 6.54 Å². The number of benzene rings is 2. The molecule has 0 fully saturated rings. The van der Waals surface area contributed by atoms with Crippen LogP contribution in [0.4, 0.5) is 5.69 Å². The topological polar surface area (TPSA) is 101 Å². The van der Waals surface area contributed by atoms with E-state index in [0.29, 0.717) is 12.1 Å². The van der Waals surface area contributed by atoms with Crippen LogP contribution in [0.5, 0.6) is 0 Å². The van der Waals surface area contributed by atoms with Crippen molar-refractivity contribution in [1.82, 2.24) is 10.6 Å². The lowest BCUT2D eigenvalue weighted by atomic mass is 10.1. The van der Waals surface area contributed by atoms with Gasteiger partial charge in [0.2, 0.25) is 5.91 Å². The van der Waals surface area contributed by atoms with Crippen LogP contribution >= 0.6 is 0 Å². The molecule has 0 aliphatic rings. The highest BCUT2D eigenvalue weighted by atomic mass is 16.6. The molecule has 0 atom stereocenters. The number of nitrogens with zero attached hydrogens (tertiary/aromatic N) is 1. The third kappa shape index (κ3) is 4.64. The lowest BCUT2D eigenvalue weighted by Crippen LogP contribution is -2.36. The Balaban J connectivity index is 1.87. The fourth-order valence-corrected chi connectivity index (χ4v) is 2.07. The molecule has 0 heterocycles. The Labute approximate surface area is 138 Å². The minimum Gasteiger partial charge on any atom is -0.350 e. The van der Waals surface area contributed by atoms with Crippen LogP contribution in [0.15, 0.2) is 48.5 Å². The van der Waals surface area contributed by atoms with E-state index in [0.717, 1.165) is 5.56 Å². The first-order valence-electron chi connectivity index (χ1n) is 7.31. The van der Waals surface area contributed by atoms with E-state index in [1.54, 1.807) is 6.92 Å². The van der Waals surface area contributed by atoms with Crippen molar-refractivity contribution in [3.63, 3.8) is 0 Å². The molecule has 0 aliphatic heterocycles. The zero-order valence-corrected chi connectivity index (χ0v) is 13.1. The smallest absolute Gasteiger partial charge is 0.273 e. The van der Waals surface area contributed by atoms with Crippen molar-refractivity contribution in [2.24, 2.45) is 0 Å². The highest BCUT2D eigenvalue weighted by Gasteiger charge is 2.15. The molecule has 0 radical (unpaired) electrons. The summed E-state index contributed by atoms with van der Waals surface area (Å²) in [6.07, 6.45) is 0. The van der Waals surface area contributed by atoms with Gasteiger partial charge in [0.25, 0.3) is 11.6 Å². The van der Waals surface area contributed by atoms with E-state index in [-0.39, 0.29) is 23.7 Å². The lowest BCUT2D eigenvalue weighted by Gasteiger charge is -2.07. The van der Waals surface area contributed by atoms with E-state index in [2.05, 4.69) is 10.6 Å². The van der Waals surface area contributed by atoms with Gasteiger partial charge >= 0.3 is 0 Å². The van der Waals surface area contributed by atoms with Crippen LogP contribution in [0.25, 0.3) is 0 Å². The molecule has 7 nitrogen and oxygen atoms in total. The van der Waals surface area contributed by atoms with Crippen LogP contribution in [0.2, 0.25) is 0 Å². The summed E-state index contributed by atoms with van der Waals surface area (Å²) in [4.78, 5) is 34.1. The van der Waals surface area contributed by atoms with E-state index in [9.17, 15) is 19.7 Å². The Kier molecular flexibility index (Phi) is 5.62. The number of nitro groups is 1. The normalized spacial score (nSPS) is 10.0. The van der Waals surface area contributed by atoms with Gasteiger partial charge in [0.05, 0.1) is 11.5 Å². The number of aryl methyl sites for hydroxylation is 1. The van der Waals surface area contributed by atoms with E-state index in [1.807, 2.05) is 30.3 Å². The minimum absolute atomic E-state index is 0.129. The number of hydrogen-bond donors (Lipinski definition) is 2. The van der Waals surface area contributed by atoms with Gasteiger partial charge in [-0.05, 0) is 18.6 Å². The van der Waals surface area contributed by atoms with Crippen molar-refractivity contribution in [1.29, 1.82) is 0 Å². The Morgan fingerprint density at radius 3 is 2.46 bits per heavy atom. The summed E-state index contributed by atoms with van der Waals surface area (Å²) < 4.78 is 0. The SMILES string of the molecule is Cc1ccc(C(=O)NCC(=O)NCc2ccccc2)cc1[N+](=O)[O-]. The number of nitro benzene ring substituents is 1. The van der Waals surface area contributed by atoms with Gasteiger partial charge in [-0.1, -0.05) is 36.4 Å². The third-order valence-electron chi connectivity index (χ3n) is 3.41. The molecule has 2 amide bonds. The van der Waals surface area contributed by atoms with E-state index < -0.39 is 10.8 Å². The number of hydrogen-bond acceptors (Lipinski definition) is 4. The van der Waals surface area contributed by atoms with Crippen LogP contribution in [-0.4, -0.2) is 23.3 Å². The molecule has 2 N–H and O–H groups in total. The predicted octanol–water partition coefficient (Wildman–Crippen LogP) is 1.95. The Hall–Kier alpha value is -3.22. The number of nitrogens with one attached hydrogen (secondary N) is 2. The first-order chi connectivity index (χ1) is 11.5. The highest BCUT2D eigenvalue weighted by Crippen LogP contribution is 2.19. The fraction of sp³-hybridized carbons (Fsp3) is 0.176. The van der Waals surface area contributed by atoms with E-state index >= 15 is 0 Å². The average Bonchev–Trinajstić information content (AvgIpc) is 2.59. The number of carbonyl (C=O) groups is 2. The predicted molar refractivity (Wildman–Crippen MR) is 88.5 cm³/mol. The van der Waals surface area contributed by atoms with E-state index in [1.165, 1.54) is 18.2 Å². The zero-order valence-electron chi connectivity index (χ0n) is 13.1. The van der Waals surface area contributed by atoms with Crippen molar-refractivity contribution >= 4 is 17.5 Å². The Morgan fingerprint density at radius 1 is 1.08 bits per heavy atom. The Bertz CT molecular complexity index is 760. The first kappa shape index (κ1) is 17.1. The van der Waals surface area contributed by atoms with Gasteiger partial charge in [0.15, 0.2) is 0 Å². The molecule has 0 spiro atoms.